The van der Waals surface area contributed by atoms with Crippen LogP contribution in [0.2, 0.25) is 0 Å². The minimum Gasteiger partial charge on any atom is -0.394 e. The first-order valence-electron chi connectivity index (χ1n) is 5.54. The standard InChI is InChI=1S/C12H14N2O4/c1-14-11(17)9-3-2-7(4-10(9)12(14)18)13-5-8(16)6-15/h2-4,8,13,15-16H,5-6H2,1H3. The molecule has 0 aromatic heterocycles. The fraction of sp³-hybridized carbons (Fsp3) is 0.333. The molecule has 1 heterocycles. The maximum Gasteiger partial charge on any atom is 0.261 e. The largest absolute Gasteiger partial charge is 0.394 e. The third kappa shape index (κ3) is 2.07. The molecule has 0 saturated carbocycles. The second-order valence-corrected chi connectivity index (χ2v) is 4.15. The molecular formula is C12H14N2O4. The Balaban J connectivity index is 2.19. The molecule has 1 atom stereocenters. The van der Waals surface area contributed by atoms with Crippen LogP contribution in [0.25, 0.3) is 0 Å². The summed E-state index contributed by atoms with van der Waals surface area (Å²) in [6.07, 6.45) is -0.863. The normalized spacial score (nSPS) is 15.8. The predicted molar refractivity (Wildman–Crippen MR) is 64.4 cm³/mol. The van der Waals surface area contributed by atoms with Crippen LogP contribution in [0.4, 0.5) is 5.69 Å². The Morgan fingerprint density at radius 2 is 1.94 bits per heavy atom. The molecule has 1 aromatic rings. The van der Waals surface area contributed by atoms with Crippen molar-refractivity contribution in [2.24, 2.45) is 0 Å². The molecule has 0 saturated heterocycles. The van der Waals surface area contributed by atoms with Crippen molar-refractivity contribution in [3.05, 3.63) is 29.3 Å². The van der Waals surface area contributed by atoms with E-state index in [0.29, 0.717) is 16.8 Å². The summed E-state index contributed by atoms with van der Waals surface area (Å²) < 4.78 is 0. The minimum absolute atomic E-state index is 0.174. The average Bonchev–Trinajstić information content (AvgIpc) is 2.61. The number of hydrogen-bond donors (Lipinski definition) is 3. The Kier molecular flexibility index (Phi) is 3.31. The quantitative estimate of drug-likeness (QED) is 0.637. The van der Waals surface area contributed by atoms with E-state index in [4.69, 9.17) is 5.11 Å². The van der Waals surface area contributed by atoms with Gasteiger partial charge in [-0.05, 0) is 18.2 Å². The van der Waals surface area contributed by atoms with E-state index in [0.717, 1.165) is 4.90 Å². The average molecular weight is 250 g/mol. The van der Waals surface area contributed by atoms with Crippen molar-refractivity contribution in [3.8, 4) is 0 Å². The summed E-state index contributed by atoms with van der Waals surface area (Å²) in [5.41, 5.74) is 1.36. The fourth-order valence-corrected chi connectivity index (χ4v) is 1.77. The van der Waals surface area contributed by atoms with Crippen molar-refractivity contribution in [2.45, 2.75) is 6.10 Å². The van der Waals surface area contributed by atoms with Crippen LogP contribution in [0.5, 0.6) is 0 Å². The molecule has 2 amide bonds. The van der Waals surface area contributed by atoms with Crippen molar-refractivity contribution < 1.29 is 19.8 Å². The van der Waals surface area contributed by atoms with Gasteiger partial charge < -0.3 is 15.5 Å². The number of amides is 2. The molecule has 1 aliphatic rings. The Bertz CT molecular complexity index is 501. The minimum atomic E-state index is -0.863. The van der Waals surface area contributed by atoms with E-state index >= 15 is 0 Å². The van der Waals surface area contributed by atoms with Crippen LogP contribution in [0.1, 0.15) is 20.7 Å². The lowest BCUT2D eigenvalue weighted by atomic mass is 10.1. The van der Waals surface area contributed by atoms with Gasteiger partial charge in [0.1, 0.15) is 0 Å². The van der Waals surface area contributed by atoms with Crippen LogP contribution >= 0.6 is 0 Å². The van der Waals surface area contributed by atoms with Crippen LogP contribution < -0.4 is 5.32 Å². The van der Waals surface area contributed by atoms with Gasteiger partial charge in [0.25, 0.3) is 11.8 Å². The molecule has 18 heavy (non-hydrogen) atoms. The Morgan fingerprint density at radius 3 is 2.61 bits per heavy atom. The lowest BCUT2D eigenvalue weighted by Gasteiger charge is -2.10. The van der Waals surface area contributed by atoms with E-state index in [2.05, 4.69) is 5.32 Å². The highest BCUT2D eigenvalue weighted by Gasteiger charge is 2.32. The summed E-state index contributed by atoms with van der Waals surface area (Å²) in [5.74, 6) is -0.640. The zero-order valence-electron chi connectivity index (χ0n) is 9.88. The number of fused-ring (bicyclic) bond motifs is 1. The zero-order valence-corrected chi connectivity index (χ0v) is 9.88. The van der Waals surface area contributed by atoms with Crippen molar-refractivity contribution in [1.29, 1.82) is 0 Å². The summed E-state index contributed by atoms with van der Waals surface area (Å²) in [4.78, 5) is 24.5. The van der Waals surface area contributed by atoms with Crippen LogP contribution in [-0.2, 0) is 0 Å². The number of benzene rings is 1. The molecule has 96 valence electrons. The summed E-state index contributed by atoms with van der Waals surface area (Å²) >= 11 is 0. The summed E-state index contributed by atoms with van der Waals surface area (Å²) in [6, 6.07) is 4.81. The Hall–Kier alpha value is -1.92. The van der Waals surface area contributed by atoms with Gasteiger partial charge in [-0.25, -0.2) is 0 Å². The van der Waals surface area contributed by atoms with Gasteiger partial charge >= 0.3 is 0 Å². The Morgan fingerprint density at radius 1 is 1.28 bits per heavy atom. The number of aliphatic hydroxyl groups is 2. The highest BCUT2D eigenvalue weighted by atomic mass is 16.3. The van der Waals surface area contributed by atoms with E-state index < -0.39 is 6.10 Å². The van der Waals surface area contributed by atoms with Crippen molar-refractivity contribution >= 4 is 17.5 Å². The van der Waals surface area contributed by atoms with Gasteiger partial charge in [0.15, 0.2) is 0 Å². The number of nitrogens with one attached hydrogen (secondary N) is 1. The predicted octanol–water partition coefficient (Wildman–Crippen LogP) is -0.323. The van der Waals surface area contributed by atoms with Gasteiger partial charge in [-0.2, -0.15) is 0 Å². The zero-order chi connectivity index (χ0) is 13.3. The molecule has 6 heteroatoms. The summed E-state index contributed by atoms with van der Waals surface area (Å²) in [5, 5.41) is 20.8. The highest BCUT2D eigenvalue weighted by molar-refractivity contribution is 6.21. The lowest BCUT2D eigenvalue weighted by Crippen LogP contribution is -2.24. The van der Waals surface area contributed by atoms with Gasteiger partial charge in [-0.15, -0.1) is 0 Å². The molecule has 2 rings (SSSR count). The van der Waals surface area contributed by atoms with Crippen molar-refractivity contribution in [3.63, 3.8) is 0 Å². The number of anilines is 1. The number of imide groups is 1. The number of nitrogens with zero attached hydrogens (tertiary/aromatic N) is 1. The second-order valence-electron chi connectivity index (χ2n) is 4.15. The third-order valence-corrected chi connectivity index (χ3v) is 2.84. The van der Waals surface area contributed by atoms with Crippen LogP contribution in [0.3, 0.4) is 0 Å². The maximum absolute atomic E-state index is 11.7. The first-order chi connectivity index (χ1) is 8.54. The Labute approximate surface area is 104 Å². The molecule has 0 aliphatic carbocycles. The first kappa shape index (κ1) is 12.5. The number of carbonyl (C=O) groups excluding carboxylic acids is 2. The smallest absolute Gasteiger partial charge is 0.261 e. The summed E-state index contributed by atoms with van der Waals surface area (Å²) in [7, 11) is 1.44. The van der Waals surface area contributed by atoms with E-state index in [9.17, 15) is 14.7 Å². The van der Waals surface area contributed by atoms with Gasteiger partial charge in [-0.3, -0.25) is 14.5 Å². The lowest BCUT2D eigenvalue weighted by molar-refractivity contribution is 0.0693. The van der Waals surface area contributed by atoms with Crippen LogP contribution in [0, 0.1) is 0 Å². The highest BCUT2D eigenvalue weighted by Crippen LogP contribution is 2.24. The summed E-state index contributed by atoms with van der Waals surface area (Å²) in [6.45, 7) is -0.161. The molecule has 0 bridgehead atoms. The molecule has 6 nitrogen and oxygen atoms in total. The van der Waals surface area contributed by atoms with E-state index in [1.165, 1.54) is 7.05 Å². The monoisotopic (exact) mass is 250 g/mol. The van der Waals surface area contributed by atoms with Crippen molar-refractivity contribution in [1.82, 2.24) is 4.90 Å². The molecule has 1 unspecified atom stereocenters. The second kappa shape index (κ2) is 4.75. The van der Waals surface area contributed by atoms with E-state index in [1.54, 1.807) is 18.2 Å². The molecule has 3 N–H and O–H groups in total. The molecule has 0 fully saturated rings. The topological polar surface area (TPSA) is 89.9 Å². The molecule has 1 aromatic carbocycles. The number of rotatable bonds is 4. The molecule has 1 aliphatic heterocycles. The van der Waals surface area contributed by atoms with Gasteiger partial charge in [0.2, 0.25) is 0 Å². The van der Waals surface area contributed by atoms with Crippen LogP contribution in [0.15, 0.2) is 18.2 Å². The van der Waals surface area contributed by atoms with Gasteiger partial charge in [-0.1, -0.05) is 0 Å². The number of aliphatic hydroxyl groups excluding tert-OH is 2. The van der Waals surface area contributed by atoms with Crippen molar-refractivity contribution in [2.75, 3.05) is 25.5 Å². The number of hydrogen-bond acceptors (Lipinski definition) is 5. The van der Waals surface area contributed by atoms with E-state index in [-0.39, 0.29) is 25.0 Å². The SMILES string of the molecule is CN1C(=O)c2ccc(NCC(O)CO)cc2C1=O. The third-order valence-electron chi connectivity index (χ3n) is 2.84. The van der Waals surface area contributed by atoms with E-state index in [1.807, 2.05) is 0 Å². The molecule has 0 spiro atoms. The molecule has 0 radical (unpaired) electrons. The first-order valence-corrected chi connectivity index (χ1v) is 5.54. The fourth-order valence-electron chi connectivity index (χ4n) is 1.77. The molecular weight excluding hydrogens is 236 g/mol. The van der Waals surface area contributed by atoms with Crippen LogP contribution in [-0.4, -0.2) is 53.2 Å². The van der Waals surface area contributed by atoms with Gasteiger partial charge in [0, 0.05) is 19.3 Å². The van der Waals surface area contributed by atoms with Gasteiger partial charge in [0.05, 0.1) is 23.8 Å². The maximum atomic E-state index is 11.7. The number of carbonyl (C=O) groups is 2.